The first-order valence-corrected chi connectivity index (χ1v) is 4.88. The molecule has 1 aliphatic rings. The van der Waals surface area contributed by atoms with E-state index in [2.05, 4.69) is 6.58 Å². The number of piperidine rings is 1. The van der Waals surface area contributed by atoms with Crippen molar-refractivity contribution in [3.05, 3.63) is 12.7 Å². The molecule has 0 aliphatic carbocycles. The van der Waals surface area contributed by atoms with Crippen LogP contribution in [0.5, 0.6) is 0 Å². The van der Waals surface area contributed by atoms with Crippen molar-refractivity contribution in [3.8, 4) is 0 Å². The number of nitrogens with zero attached hydrogens (tertiary/aromatic N) is 1. The second kappa shape index (κ2) is 5.12. The van der Waals surface area contributed by atoms with Crippen molar-refractivity contribution in [1.29, 1.82) is 0 Å². The number of hydrogen-bond acceptors (Lipinski definition) is 3. The quantitative estimate of drug-likeness (QED) is 0.656. The van der Waals surface area contributed by atoms with E-state index in [-0.39, 0.29) is 18.1 Å². The molecule has 0 bridgehead atoms. The summed E-state index contributed by atoms with van der Waals surface area (Å²) in [6.07, 6.45) is 3.28. The summed E-state index contributed by atoms with van der Waals surface area (Å²) >= 11 is 0. The maximum atomic E-state index is 11.4. The summed E-state index contributed by atoms with van der Waals surface area (Å²) in [5, 5.41) is 0. The molecule has 2 unspecified atom stereocenters. The smallest absolute Gasteiger partial charge is 0.246 e. The highest BCUT2D eigenvalue weighted by Crippen LogP contribution is 2.19. The van der Waals surface area contributed by atoms with Crippen LogP contribution in [-0.2, 0) is 9.53 Å². The fraction of sp³-hybridized carbons (Fsp3) is 0.700. The molecule has 4 heteroatoms. The van der Waals surface area contributed by atoms with Gasteiger partial charge in [0.05, 0.1) is 6.10 Å². The molecule has 1 aliphatic heterocycles. The summed E-state index contributed by atoms with van der Waals surface area (Å²) in [4.78, 5) is 13.2. The van der Waals surface area contributed by atoms with E-state index in [0.29, 0.717) is 13.1 Å². The topological polar surface area (TPSA) is 55.6 Å². The van der Waals surface area contributed by atoms with Crippen LogP contribution in [0.2, 0.25) is 0 Å². The standard InChI is InChI=1S/C10H18N2O2/c1-3-10(13)12-5-4-9(14-2)6-8(12)7-11/h3,8-9H,1,4-7,11H2,2H3. The van der Waals surface area contributed by atoms with Gasteiger partial charge in [0, 0.05) is 26.2 Å². The van der Waals surface area contributed by atoms with E-state index in [1.165, 1.54) is 6.08 Å². The van der Waals surface area contributed by atoms with Gasteiger partial charge in [0.1, 0.15) is 0 Å². The highest BCUT2D eigenvalue weighted by Gasteiger charge is 2.29. The normalized spacial score (nSPS) is 27.4. The van der Waals surface area contributed by atoms with Crippen molar-refractivity contribution in [2.75, 3.05) is 20.2 Å². The molecule has 0 aromatic heterocycles. The van der Waals surface area contributed by atoms with Gasteiger partial charge in [-0.3, -0.25) is 4.79 Å². The van der Waals surface area contributed by atoms with Gasteiger partial charge >= 0.3 is 0 Å². The minimum Gasteiger partial charge on any atom is -0.381 e. The van der Waals surface area contributed by atoms with Crippen molar-refractivity contribution in [1.82, 2.24) is 4.90 Å². The lowest BCUT2D eigenvalue weighted by atomic mass is 9.99. The number of likely N-dealkylation sites (tertiary alicyclic amines) is 1. The Kier molecular flexibility index (Phi) is 4.10. The third-order valence-electron chi connectivity index (χ3n) is 2.73. The molecular weight excluding hydrogens is 180 g/mol. The van der Waals surface area contributed by atoms with Gasteiger partial charge in [0.15, 0.2) is 0 Å². The highest BCUT2D eigenvalue weighted by molar-refractivity contribution is 5.87. The Hall–Kier alpha value is -0.870. The third-order valence-corrected chi connectivity index (χ3v) is 2.73. The Morgan fingerprint density at radius 3 is 3.00 bits per heavy atom. The molecule has 80 valence electrons. The van der Waals surface area contributed by atoms with Crippen molar-refractivity contribution < 1.29 is 9.53 Å². The molecule has 2 atom stereocenters. The van der Waals surface area contributed by atoms with Crippen LogP contribution in [0.1, 0.15) is 12.8 Å². The molecule has 0 aromatic carbocycles. The summed E-state index contributed by atoms with van der Waals surface area (Å²) in [5.41, 5.74) is 5.62. The van der Waals surface area contributed by atoms with Gasteiger partial charge in [0.25, 0.3) is 0 Å². The van der Waals surface area contributed by atoms with Crippen LogP contribution in [0.3, 0.4) is 0 Å². The van der Waals surface area contributed by atoms with E-state index in [4.69, 9.17) is 10.5 Å². The van der Waals surface area contributed by atoms with E-state index in [0.717, 1.165) is 12.8 Å². The predicted molar refractivity (Wildman–Crippen MR) is 54.8 cm³/mol. The molecular formula is C10H18N2O2. The van der Waals surface area contributed by atoms with Crippen LogP contribution in [0.15, 0.2) is 12.7 Å². The zero-order chi connectivity index (χ0) is 10.6. The largest absolute Gasteiger partial charge is 0.381 e. The molecule has 0 saturated carbocycles. The summed E-state index contributed by atoms with van der Waals surface area (Å²) in [6.45, 7) is 4.68. The number of amides is 1. The predicted octanol–water partition coefficient (Wildman–Crippen LogP) is 0.137. The van der Waals surface area contributed by atoms with Crippen molar-refractivity contribution in [2.45, 2.75) is 25.0 Å². The average Bonchev–Trinajstić information content (AvgIpc) is 2.27. The molecule has 0 spiro atoms. The Morgan fingerprint density at radius 1 is 1.79 bits per heavy atom. The van der Waals surface area contributed by atoms with Crippen molar-refractivity contribution in [3.63, 3.8) is 0 Å². The zero-order valence-electron chi connectivity index (χ0n) is 8.61. The summed E-state index contributed by atoms with van der Waals surface area (Å²) < 4.78 is 5.27. The Bertz CT molecular complexity index is 218. The van der Waals surface area contributed by atoms with E-state index >= 15 is 0 Å². The second-order valence-corrected chi connectivity index (χ2v) is 3.51. The van der Waals surface area contributed by atoms with Crippen LogP contribution in [-0.4, -0.2) is 43.2 Å². The Morgan fingerprint density at radius 2 is 2.50 bits per heavy atom. The molecule has 14 heavy (non-hydrogen) atoms. The average molecular weight is 198 g/mol. The molecule has 1 saturated heterocycles. The van der Waals surface area contributed by atoms with Gasteiger partial charge in [-0.15, -0.1) is 0 Å². The molecule has 2 N–H and O–H groups in total. The first-order valence-electron chi connectivity index (χ1n) is 4.88. The van der Waals surface area contributed by atoms with Crippen molar-refractivity contribution >= 4 is 5.91 Å². The first-order chi connectivity index (χ1) is 6.72. The number of rotatable bonds is 3. The van der Waals surface area contributed by atoms with E-state index < -0.39 is 0 Å². The summed E-state index contributed by atoms with van der Waals surface area (Å²) in [7, 11) is 1.70. The fourth-order valence-corrected chi connectivity index (χ4v) is 1.86. The first kappa shape index (κ1) is 11.2. The van der Waals surface area contributed by atoms with E-state index in [1.807, 2.05) is 0 Å². The second-order valence-electron chi connectivity index (χ2n) is 3.51. The number of carbonyl (C=O) groups is 1. The van der Waals surface area contributed by atoms with Crippen molar-refractivity contribution in [2.24, 2.45) is 5.73 Å². The monoisotopic (exact) mass is 198 g/mol. The maximum Gasteiger partial charge on any atom is 0.246 e. The summed E-state index contributed by atoms with van der Waals surface area (Å²) in [6, 6.07) is 0.0965. The summed E-state index contributed by atoms with van der Waals surface area (Å²) in [5.74, 6) is -0.0324. The molecule has 1 amide bonds. The van der Waals surface area contributed by atoms with Gasteiger partial charge in [0.2, 0.25) is 5.91 Å². The number of carbonyl (C=O) groups excluding carboxylic acids is 1. The van der Waals surface area contributed by atoms with Gasteiger partial charge in [-0.2, -0.15) is 0 Å². The molecule has 0 radical (unpaired) electrons. The van der Waals surface area contributed by atoms with Gasteiger partial charge in [-0.25, -0.2) is 0 Å². The zero-order valence-corrected chi connectivity index (χ0v) is 8.61. The lowest BCUT2D eigenvalue weighted by molar-refractivity contribution is -0.131. The molecule has 1 fully saturated rings. The minimum atomic E-state index is -0.0324. The molecule has 1 rings (SSSR count). The fourth-order valence-electron chi connectivity index (χ4n) is 1.86. The maximum absolute atomic E-state index is 11.4. The number of ether oxygens (including phenoxy) is 1. The highest BCUT2D eigenvalue weighted by atomic mass is 16.5. The van der Waals surface area contributed by atoms with Crippen LogP contribution in [0, 0.1) is 0 Å². The lowest BCUT2D eigenvalue weighted by Crippen LogP contribution is -2.50. The van der Waals surface area contributed by atoms with Crippen LogP contribution in [0.4, 0.5) is 0 Å². The third kappa shape index (κ3) is 2.33. The van der Waals surface area contributed by atoms with Gasteiger partial charge in [-0.05, 0) is 18.9 Å². The van der Waals surface area contributed by atoms with Crippen LogP contribution >= 0.6 is 0 Å². The number of hydrogen-bond donors (Lipinski definition) is 1. The van der Waals surface area contributed by atoms with Crippen LogP contribution in [0.25, 0.3) is 0 Å². The van der Waals surface area contributed by atoms with Gasteiger partial charge < -0.3 is 15.4 Å². The Labute approximate surface area is 84.7 Å². The minimum absolute atomic E-state index is 0.0324. The molecule has 0 aromatic rings. The Balaban J connectivity index is 2.60. The lowest BCUT2D eigenvalue weighted by Gasteiger charge is -2.37. The molecule has 4 nitrogen and oxygen atoms in total. The molecule has 1 heterocycles. The van der Waals surface area contributed by atoms with E-state index in [1.54, 1.807) is 12.0 Å². The van der Waals surface area contributed by atoms with Crippen LogP contribution < -0.4 is 5.73 Å². The number of methoxy groups -OCH3 is 1. The van der Waals surface area contributed by atoms with Gasteiger partial charge in [-0.1, -0.05) is 6.58 Å². The number of nitrogens with two attached hydrogens (primary N) is 1. The van der Waals surface area contributed by atoms with E-state index in [9.17, 15) is 4.79 Å². The SMILES string of the molecule is C=CC(=O)N1CCC(OC)CC1CN.